The number of rotatable bonds is 3. The predicted octanol–water partition coefficient (Wildman–Crippen LogP) is 0.988. The van der Waals surface area contributed by atoms with E-state index in [9.17, 15) is 9.59 Å². The van der Waals surface area contributed by atoms with Gasteiger partial charge in [0.25, 0.3) is 5.56 Å². The average molecular weight is 303 g/mol. The summed E-state index contributed by atoms with van der Waals surface area (Å²) in [7, 11) is 1.62. The van der Waals surface area contributed by atoms with Crippen LogP contribution in [0.25, 0.3) is 11.2 Å². The van der Waals surface area contributed by atoms with Gasteiger partial charge >= 0.3 is 5.69 Å². The molecule has 22 heavy (non-hydrogen) atoms. The van der Waals surface area contributed by atoms with Gasteiger partial charge in [0.15, 0.2) is 11.2 Å². The van der Waals surface area contributed by atoms with Crippen LogP contribution in [0.1, 0.15) is 26.2 Å². The first kappa shape index (κ1) is 14.6. The van der Waals surface area contributed by atoms with Gasteiger partial charge in [-0.3, -0.25) is 14.3 Å². The largest absolute Gasteiger partial charge is 0.339 e. The molecule has 7 heteroatoms. The highest BCUT2D eigenvalue weighted by atomic mass is 16.2. The van der Waals surface area contributed by atoms with Gasteiger partial charge in [-0.25, -0.2) is 4.79 Å². The Morgan fingerprint density at radius 3 is 2.86 bits per heavy atom. The summed E-state index contributed by atoms with van der Waals surface area (Å²) in [5.41, 5.74) is 0.000468. The summed E-state index contributed by atoms with van der Waals surface area (Å²) >= 11 is 0. The molecule has 1 aliphatic rings. The van der Waals surface area contributed by atoms with Crippen molar-refractivity contribution in [1.29, 1.82) is 0 Å². The second-order valence-corrected chi connectivity index (χ2v) is 5.84. The van der Waals surface area contributed by atoms with Crippen LogP contribution in [0.5, 0.6) is 0 Å². The zero-order valence-corrected chi connectivity index (χ0v) is 13.0. The number of anilines is 1. The molecule has 0 aromatic carbocycles. The number of aromatic nitrogens is 4. The lowest BCUT2D eigenvalue weighted by Gasteiger charge is -2.34. The molecule has 1 N–H and O–H groups in total. The molecule has 0 amide bonds. The second-order valence-electron chi connectivity index (χ2n) is 5.84. The number of aromatic amines is 1. The normalized spacial score (nSPS) is 18.8. The maximum absolute atomic E-state index is 12.2. The van der Waals surface area contributed by atoms with E-state index in [1.807, 2.05) is 4.57 Å². The molecule has 0 unspecified atom stereocenters. The molecular formula is C15H21N5O2. The van der Waals surface area contributed by atoms with Gasteiger partial charge in [-0.1, -0.05) is 6.08 Å². The number of nitrogens with zero attached hydrogens (tertiary/aromatic N) is 4. The van der Waals surface area contributed by atoms with E-state index in [0.717, 1.165) is 25.3 Å². The number of hydrogen-bond acceptors (Lipinski definition) is 4. The summed E-state index contributed by atoms with van der Waals surface area (Å²) < 4.78 is 3.23. The zero-order valence-electron chi connectivity index (χ0n) is 13.0. The third-order valence-electron chi connectivity index (χ3n) is 4.36. The van der Waals surface area contributed by atoms with Crippen molar-refractivity contribution in [3.05, 3.63) is 33.5 Å². The standard InChI is InChI=1S/C15H21N5O2/c1-4-8-20-11-12(18(3)15(22)17-13(11)21)16-14(20)19-9-6-5-7-10(19)2/h4,10H,1,5-9H2,2-3H3,(H,17,21,22)/t10-/m1/s1. The summed E-state index contributed by atoms with van der Waals surface area (Å²) in [5, 5.41) is 0. The summed E-state index contributed by atoms with van der Waals surface area (Å²) in [4.78, 5) is 33.2. The van der Waals surface area contributed by atoms with Gasteiger partial charge in [-0.05, 0) is 26.2 Å². The highest BCUT2D eigenvalue weighted by Crippen LogP contribution is 2.26. The van der Waals surface area contributed by atoms with Gasteiger partial charge in [0, 0.05) is 26.2 Å². The fourth-order valence-corrected chi connectivity index (χ4v) is 3.14. The Bertz CT molecular complexity index is 829. The summed E-state index contributed by atoms with van der Waals surface area (Å²) in [6.07, 6.45) is 5.16. The Kier molecular flexibility index (Phi) is 3.64. The second kappa shape index (κ2) is 5.47. The van der Waals surface area contributed by atoms with E-state index in [0.29, 0.717) is 23.8 Å². The van der Waals surface area contributed by atoms with Crippen molar-refractivity contribution in [1.82, 2.24) is 19.1 Å². The molecule has 1 saturated heterocycles. The van der Waals surface area contributed by atoms with Gasteiger partial charge < -0.3 is 9.47 Å². The van der Waals surface area contributed by atoms with Crippen LogP contribution >= 0.6 is 0 Å². The molecule has 3 heterocycles. The van der Waals surface area contributed by atoms with Crippen LogP contribution in [-0.4, -0.2) is 31.7 Å². The van der Waals surface area contributed by atoms with Crippen LogP contribution in [-0.2, 0) is 13.6 Å². The van der Waals surface area contributed by atoms with E-state index >= 15 is 0 Å². The van der Waals surface area contributed by atoms with Crippen LogP contribution in [0.3, 0.4) is 0 Å². The van der Waals surface area contributed by atoms with E-state index < -0.39 is 11.2 Å². The van der Waals surface area contributed by atoms with Crippen molar-refractivity contribution in [3.8, 4) is 0 Å². The quantitative estimate of drug-likeness (QED) is 0.858. The van der Waals surface area contributed by atoms with Crippen molar-refractivity contribution < 1.29 is 0 Å². The Morgan fingerprint density at radius 1 is 1.41 bits per heavy atom. The van der Waals surface area contributed by atoms with E-state index in [-0.39, 0.29) is 0 Å². The maximum atomic E-state index is 12.2. The molecule has 1 atom stereocenters. The molecule has 0 radical (unpaired) electrons. The van der Waals surface area contributed by atoms with Gasteiger partial charge in [0.2, 0.25) is 5.95 Å². The third kappa shape index (κ3) is 2.17. The molecule has 0 bridgehead atoms. The highest BCUT2D eigenvalue weighted by Gasteiger charge is 2.25. The molecule has 2 aromatic heterocycles. The molecule has 2 aromatic rings. The van der Waals surface area contributed by atoms with Crippen LogP contribution in [0.15, 0.2) is 22.2 Å². The van der Waals surface area contributed by atoms with Crippen LogP contribution < -0.4 is 16.1 Å². The Morgan fingerprint density at radius 2 is 2.18 bits per heavy atom. The number of fused-ring (bicyclic) bond motifs is 1. The van der Waals surface area contributed by atoms with Crippen molar-refractivity contribution in [2.75, 3.05) is 11.4 Å². The van der Waals surface area contributed by atoms with Gasteiger partial charge in [0.05, 0.1) is 0 Å². The minimum Gasteiger partial charge on any atom is -0.339 e. The van der Waals surface area contributed by atoms with Gasteiger partial charge in [-0.2, -0.15) is 4.98 Å². The number of hydrogen-bond donors (Lipinski definition) is 1. The lowest BCUT2D eigenvalue weighted by atomic mass is 10.0. The molecule has 0 spiro atoms. The molecule has 0 aliphatic carbocycles. The highest BCUT2D eigenvalue weighted by molar-refractivity contribution is 5.74. The van der Waals surface area contributed by atoms with E-state index in [1.54, 1.807) is 13.1 Å². The SMILES string of the molecule is C=CCn1c(N2CCCC[C@H]2C)nc2c1c(=O)[nH]c(=O)n2C. The molecule has 1 fully saturated rings. The number of aryl methyl sites for hydroxylation is 1. The molecule has 118 valence electrons. The monoisotopic (exact) mass is 303 g/mol. The Hall–Kier alpha value is -2.31. The van der Waals surface area contributed by atoms with Crippen molar-refractivity contribution in [2.24, 2.45) is 7.05 Å². The van der Waals surface area contributed by atoms with Crippen LogP contribution in [0.4, 0.5) is 5.95 Å². The first-order valence-electron chi connectivity index (χ1n) is 7.61. The summed E-state index contributed by atoms with van der Waals surface area (Å²) in [6.45, 7) is 7.33. The molecular weight excluding hydrogens is 282 g/mol. The van der Waals surface area contributed by atoms with Crippen molar-refractivity contribution in [2.45, 2.75) is 38.8 Å². The molecule has 1 aliphatic heterocycles. The number of nitrogens with one attached hydrogen (secondary N) is 1. The zero-order chi connectivity index (χ0) is 15.9. The fourth-order valence-electron chi connectivity index (χ4n) is 3.14. The molecule has 0 saturated carbocycles. The van der Waals surface area contributed by atoms with E-state index in [2.05, 4.69) is 28.4 Å². The van der Waals surface area contributed by atoms with Gasteiger partial charge in [-0.15, -0.1) is 6.58 Å². The minimum absolute atomic E-state index is 0.366. The molecule has 3 rings (SSSR count). The van der Waals surface area contributed by atoms with Crippen molar-refractivity contribution >= 4 is 17.1 Å². The first-order chi connectivity index (χ1) is 10.5. The lowest BCUT2D eigenvalue weighted by molar-refractivity contribution is 0.472. The first-order valence-corrected chi connectivity index (χ1v) is 7.61. The smallest absolute Gasteiger partial charge is 0.329 e. The topological polar surface area (TPSA) is 75.9 Å². The number of H-pyrrole nitrogens is 1. The predicted molar refractivity (Wildman–Crippen MR) is 86.5 cm³/mol. The Balaban J connectivity index is 2.30. The number of allylic oxidation sites excluding steroid dienone is 1. The summed E-state index contributed by atoms with van der Waals surface area (Å²) in [5.74, 6) is 0.744. The average Bonchev–Trinajstić information content (AvgIpc) is 2.86. The maximum Gasteiger partial charge on any atom is 0.329 e. The fraction of sp³-hybridized carbons (Fsp3) is 0.533. The number of piperidine rings is 1. The molecule has 7 nitrogen and oxygen atoms in total. The minimum atomic E-state index is -0.445. The van der Waals surface area contributed by atoms with Crippen molar-refractivity contribution in [3.63, 3.8) is 0 Å². The van der Waals surface area contributed by atoms with E-state index in [1.165, 1.54) is 11.0 Å². The summed E-state index contributed by atoms with van der Waals surface area (Å²) in [6, 6.07) is 0.366. The van der Waals surface area contributed by atoms with Crippen LogP contribution in [0, 0.1) is 0 Å². The van der Waals surface area contributed by atoms with E-state index in [4.69, 9.17) is 0 Å². The Labute approximate surface area is 127 Å². The van der Waals surface area contributed by atoms with Gasteiger partial charge in [0.1, 0.15) is 0 Å². The third-order valence-corrected chi connectivity index (χ3v) is 4.36. The van der Waals surface area contributed by atoms with Crippen LogP contribution in [0.2, 0.25) is 0 Å². The lowest BCUT2D eigenvalue weighted by Crippen LogP contribution is -2.39. The number of imidazole rings is 1.